The van der Waals surface area contributed by atoms with E-state index in [1.807, 2.05) is 12.1 Å². The maximum Gasteiger partial charge on any atom is 0.293 e. The summed E-state index contributed by atoms with van der Waals surface area (Å²) in [6.45, 7) is 10.3. The number of fused-ring (bicyclic) bond motifs is 1. The van der Waals surface area contributed by atoms with Crippen molar-refractivity contribution in [2.75, 3.05) is 62.7 Å². The molecule has 8 rings (SSSR count). The number of aromatic nitrogens is 3. The van der Waals surface area contributed by atoms with Gasteiger partial charge >= 0.3 is 0 Å². The van der Waals surface area contributed by atoms with Crippen molar-refractivity contribution in [2.24, 2.45) is 11.3 Å². The summed E-state index contributed by atoms with van der Waals surface area (Å²) in [4.78, 5) is 29.6. The Morgan fingerprint density at radius 1 is 1.00 bits per heavy atom. The summed E-state index contributed by atoms with van der Waals surface area (Å²) in [7, 11) is -4.57. The van der Waals surface area contributed by atoms with Crippen molar-refractivity contribution < 1.29 is 27.6 Å². The topological polar surface area (TPSA) is 185 Å². The molecule has 4 aromatic carbocycles. The first-order chi connectivity index (χ1) is 29.3. The molecule has 0 saturated carbocycles. The third-order valence-electron chi connectivity index (χ3n) is 11.9. The van der Waals surface area contributed by atoms with Gasteiger partial charge in [-0.1, -0.05) is 49.2 Å². The number of benzene rings is 4. The van der Waals surface area contributed by atoms with E-state index in [0.717, 1.165) is 68.5 Å². The zero-order valence-corrected chi connectivity index (χ0v) is 35.7. The van der Waals surface area contributed by atoms with Crippen LogP contribution in [0.2, 0.25) is 5.02 Å². The Morgan fingerprint density at radius 3 is 2.52 bits per heavy atom. The fourth-order valence-corrected chi connectivity index (χ4v) is 9.45. The number of nitro benzene ring substituents is 1. The molecule has 2 saturated heterocycles. The average Bonchev–Trinajstić information content (AvgIpc) is 3.74. The number of nitrogens with zero attached hydrogens (tertiary/aromatic N) is 5. The summed E-state index contributed by atoms with van der Waals surface area (Å²) in [6, 6.07) is 21.9. The lowest BCUT2D eigenvalue weighted by Crippen LogP contribution is -2.47. The van der Waals surface area contributed by atoms with Crippen molar-refractivity contribution in [2.45, 2.75) is 50.8 Å². The van der Waals surface area contributed by atoms with Crippen LogP contribution in [0.25, 0.3) is 16.6 Å². The van der Waals surface area contributed by atoms with Crippen molar-refractivity contribution in [1.29, 1.82) is 0 Å². The number of hydrogen-bond acceptors (Lipinski definition) is 12. The number of sulfonamides is 1. The number of ether oxygens (including phenoxy) is 2. The maximum atomic E-state index is 13.9. The van der Waals surface area contributed by atoms with Crippen molar-refractivity contribution in [3.8, 4) is 11.5 Å². The van der Waals surface area contributed by atoms with Crippen LogP contribution < -0.4 is 19.7 Å². The molecule has 1 aromatic heterocycles. The molecule has 0 atom stereocenters. The number of anilines is 2. The second-order valence-electron chi connectivity index (χ2n) is 16.7. The highest BCUT2D eigenvalue weighted by atomic mass is 35.5. The number of amides is 1. The minimum atomic E-state index is -4.57. The van der Waals surface area contributed by atoms with E-state index in [4.69, 9.17) is 21.1 Å². The molecule has 0 spiro atoms. The molecule has 5 aromatic rings. The summed E-state index contributed by atoms with van der Waals surface area (Å²) in [5, 5.41) is 26.8. The minimum absolute atomic E-state index is 0.0578. The number of nitrogens with one attached hydrogen (secondary N) is 3. The van der Waals surface area contributed by atoms with Gasteiger partial charge < -0.3 is 19.7 Å². The number of halogens is 1. The number of rotatable bonds is 13. The SMILES string of the molecule is CC1(C)CCC(CN2CCN(c3ccc(C(=O)NS(=O)(=O)c4ccc(NCC5CCOCC5)c([N+](=O)[O-])c4)c(Oc4cccc5n[nH]nc45)c3)CC2)=C(c2ccc(Cl)cc2)C1. The van der Waals surface area contributed by atoms with Crippen LogP contribution in [0.4, 0.5) is 17.1 Å². The summed E-state index contributed by atoms with van der Waals surface area (Å²) in [6.07, 6.45) is 4.82. The molecule has 3 aliphatic rings. The van der Waals surface area contributed by atoms with Crippen LogP contribution in [0.15, 0.2) is 89.3 Å². The Hall–Kier alpha value is -5.55. The van der Waals surface area contributed by atoms with Crippen LogP contribution >= 0.6 is 11.6 Å². The molecule has 1 amide bonds. The van der Waals surface area contributed by atoms with Gasteiger partial charge in [0.2, 0.25) is 0 Å². The minimum Gasteiger partial charge on any atom is -0.454 e. The molecular formula is C44H49ClN8O7S. The molecule has 61 heavy (non-hydrogen) atoms. The van der Waals surface area contributed by atoms with E-state index in [1.165, 1.54) is 34.9 Å². The highest BCUT2D eigenvalue weighted by Crippen LogP contribution is 2.43. The van der Waals surface area contributed by atoms with E-state index >= 15 is 0 Å². The van der Waals surface area contributed by atoms with Gasteiger partial charge in [0.15, 0.2) is 11.3 Å². The predicted octanol–water partition coefficient (Wildman–Crippen LogP) is 8.05. The van der Waals surface area contributed by atoms with Gasteiger partial charge in [0.1, 0.15) is 17.0 Å². The van der Waals surface area contributed by atoms with Gasteiger partial charge in [0, 0.05) is 75.3 Å². The monoisotopic (exact) mass is 868 g/mol. The van der Waals surface area contributed by atoms with Crippen LogP contribution in [0.1, 0.15) is 61.9 Å². The quantitative estimate of drug-likeness (QED) is 0.0765. The fourth-order valence-electron chi connectivity index (χ4n) is 8.34. The molecule has 320 valence electrons. The zero-order valence-electron chi connectivity index (χ0n) is 34.2. The Balaban J connectivity index is 1.01. The Labute approximate surface area is 359 Å². The molecule has 0 unspecified atom stereocenters. The first-order valence-electron chi connectivity index (χ1n) is 20.5. The van der Waals surface area contributed by atoms with E-state index < -0.39 is 31.4 Å². The third kappa shape index (κ3) is 9.83. The maximum absolute atomic E-state index is 13.9. The van der Waals surface area contributed by atoms with Crippen molar-refractivity contribution in [1.82, 2.24) is 25.0 Å². The number of carbonyl (C=O) groups is 1. The Bertz CT molecular complexity index is 2570. The molecule has 2 fully saturated rings. The molecule has 3 N–H and O–H groups in total. The average molecular weight is 869 g/mol. The van der Waals surface area contributed by atoms with Crippen molar-refractivity contribution in [3.05, 3.63) is 111 Å². The standard InChI is InChI=1S/C44H49ClN8O7S/c1-44(2)17-14-31(36(26-44)30-6-8-32(45)9-7-30)28-51-18-20-52(21-19-51)33-10-12-35(41(24-33)60-40-5-3-4-38-42(40)48-50-47-38)43(54)49-61(57,58)34-11-13-37(39(25-34)53(55)56)46-27-29-15-22-59-23-16-29/h3-13,24-25,29,46H,14-23,26-28H2,1-2H3,(H,49,54)(H,47,48,50). The van der Waals surface area contributed by atoms with Crippen LogP contribution in [0.3, 0.4) is 0 Å². The number of H-pyrrole nitrogens is 1. The number of carbonyl (C=O) groups excluding carboxylic acids is 1. The molecule has 0 bridgehead atoms. The second kappa shape index (κ2) is 17.8. The normalized spacial score (nSPS) is 17.7. The Morgan fingerprint density at radius 2 is 1.77 bits per heavy atom. The van der Waals surface area contributed by atoms with E-state index in [1.54, 1.807) is 30.3 Å². The number of allylic oxidation sites excluding steroid dienone is 1. The van der Waals surface area contributed by atoms with Gasteiger partial charge in [-0.25, -0.2) is 13.1 Å². The van der Waals surface area contributed by atoms with Crippen LogP contribution in [-0.2, 0) is 14.8 Å². The van der Waals surface area contributed by atoms with Gasteiger partial charge in [-0.2, -0.15) is 15.4 Å². The van der Waals surface area contributed by atoms with Gasteiger partial charge in [0.25, 0.3) is 21.6 Å². The van der Waals surface area contributed by atoms with Crippen LogP contribution in [0, 0.1) is 21.4 Å². The van der Waals surface area contributed by atoms with Crippen LogP contribution in [0.5, 0.6) is 11.5 Å². The van der Waals surface area contributed by atoms with E-state index in [2.05, 4.69) is 61.2 Å². The number of hydrogen-bond donors (Lipinski definition) is 3. The molecule has 15 nitrogen and oxygen atoms in total. The Kier molecular flexibility index (Phi) is 12.3. The van der Waals surface area contributed by atoms with E-state index in [0.29, 0.717) is 49.6 Å². The molecule has 17 heteroatoms. The summed E-state index contributed by atoms with van der Waals surface area (Å²) in [5.74, 6) is -0.287. The predicted molar refractivity (Wildman–Crippen MR) is 235 cm³/mol. The third-order valence-corrected chi connectivity index (χ3v) is 13.5. The van der Waals surface area contributed by atoms with Gasteiger partial charge in [0.05, 0.1) is 15.4 Å². The highest BCUT2D eigenvalue weighted by molar-refractivity contribution is 7.90. The smallest absolute Gasteiger partial charge is 0.293 e. The molecule has 1 aliphatic carbocycles. The van der Waals surface area contributed by atoms with Gasteiger partial charge in [-0.05, 0) is 103 Å². The summed E-state index contributed by atoms with van der Waals surface area (Å²) >= 11 is 6.24. The second-order valence-corrected chi connectivity index (χ2v) is 18.8. The van der Waals surface area contributed by atoms with E-state index in [-0.39, 0.29) is 28.3 Å². The molecular weight excluding hydrogens is 820 g/mol. The highest BCUT2D eigenvalue weighted by Gasteiger charge is 2.31. The molecule has 0 radical (unpaired) electrons. The summed E-state index contributed by atoms with van der Waals surface area (Å²) in [5.41, 5.74) is 5.79. The largest absolute Gasteiger partial charge is 0.454 e. The molecule has 2 aliphatic heterocycles. The first-order valence-corrected chi connectivity index (χ1v) is 22.4. The zero-order chi connectivity index (χ0) is 42.7. The number of nitro groups is 1. The van der Waals surface area contributed by atoms with Gasteiger partial charge in [-0.3, -0.25) is 19.8 Å². The van der Waals surface area contributed by atoms with Gasteiger partial charge in [-0.15, -0.1) is 0 Å². The van der Waals surface area contributed by atoms with Crippen molar-refractivity contribution >= 4 is 61.2 Å². The lowest BCUT2D eigenvalue weighted by molar-refractivity contribution is -0.384. The van der Waals surface area contributed by atoms with Crippen LogP contribution in [-0.4, -0.2) is 92.0 Å². The fraction of sp³-hybridized carbons (Fsp3) is 0.386. The van der Waals surface area contributed by atoms with Crippen molar-refractivity contribution in [3.63, 3.8) is 0 Å². The molecule has 3 heterocycles. The first kappa shape index (κ1) is 42.2. The number of piperazine rings is 1. The summed E-state index contributed by atoms with van der Waals surface area (Å²) < 4.78 is 41.2. The lowest BCUT2D eigenvalue weighted by atomic mass is 9.72. The number of aromatic amines is 1. The lowest BCUT2D eigenvalue weighted by Gasteiger charge is -2.39. The number of para-hydroxylation sites is 1. The van der Waals surface area contributed by atoms with E-state index in [9.17, 15) is 23.3 Å².